The molecule has 4 saturated carbocycles. The summed E-state index contributed by atoms with van der Waals surface area (Å²) in [5.74, 6) is -2.21. The minimum absolute atomic E-state index is 0.0146. The molecule has 0 radical (unpaired) electrons. The molecule has 0 unspecified atom stereocenters. The van der Waals surface area contributed by atoms with Gasteiger partial charge in [-0.1, -0.05) is 121 Å². The number of carbonyl (C=O) groups is 5. The lowest BCUT2D eigenvalue weighted by molar-refractivity contribution is -0.139. The van der Waals surface area contributed by atoms with Crippen molar-refractivity contribution in [1.29, 1.82) is 0 Å². The number of ether oxygens (including phenoxy) is 3. The van der Waals surface area contributed by atoms with E-state index in [4.69, 9.17) is 14.2 Å². The molecule has 7 aliphatic rings. The minimum atomic E-state index is -1.17. The van der Waals surface area contributed by atoms with Crippen molar-refractivity contribution in [3.8, 4) is 5.75 Å². The van der Waals surface area contributed by atoms with Gasteiger partial charge in [-0.25, -0.2) is 9.59 Å². The van der Waals surface area contributed by atoms with Crippen LogP contribution in [0.2, 0.25) is 0 Å². The zero-order chi connectivity index (χ0) is 49.3. The van der Waals surface area contributed by atoms with Gasteiger partial charge in [0.25, 0.3) is 0 Å². The number of fused-ring (bicyclic) bond motifs is 1. The zero-order valence-electron chi connectivity index (χ0n) is 40.4. The molecule has 7 aliphatic carbocycles. The summed E-state index contributed by atoms with van der Waals surface area (Å²) in [5.41, 5.74) is 6.64. The molecular formula is C61H59N3O8. The first-order chi connectivity index (χ1) is 35.1. The molecule has 72 heavy (non-hydrogen) atoms. The number of hydrogen-bond acceptors (Lipinski definition) is 8. The van der Waals surface area contributed by atoms with Crippen molar-refractivity contribution < 1.29 is 38.2 Å². The summed E-state index contributed by atoms with van der Waals surface area (Å²) in [7, 11) is 1.58. The van der Waals surface area contributed by atoms with Gasteiger partial charge in [0, 0.05) is 30.5 Å². The molecule has 4 fully saturated rings. The van der Waals surface area contributed by atoms with E-state index in [0.29, 0.717) is 12.3 Å². The summed E-state index contributed by atoms with van der Waals surface area (Å²) in [4.78, 5) is 73.1. The number of amides is 3. The van der Waals surface area contributed by atoms with E-state index < -0.39 is 47.5 Å². The van der Waals surface area contributed by atoms with Crippen molar-refractivity contribution in [3.05, 3.63) is 202 Å². The van der Waals surface area contributed by atoms with Gasteiger partial charge in [-0.15, -0.1) is 0 Å². The maximum absolute atomic E-state index is 15.6. The Morgan fingerprint density at radius 1 is 0.556 bits per heavy atom. The third-order valence-corrected chi connectivity index (χ3v) is 16.2. The first-order valence-electron chi connectivity index (χ1n) is 25.4. The first-order valence-corrected chi connectivity index (χ1v) is 25.4. The third kappa shape index (κ3) is 9.52. The molecule has 6 bridgehead atoms. The van der Waals surface area contributed by atoms with Crippen molar-refractivity contribution in [3.63, 3.8) is 0 Å². The van der Waals surface area contributed by atoms with Crippen LogP contribution in [-0.4, -0.2) is 49.4 Å². The van der Waals surface area contributed by atoms with Crippen molar-refractivity contribution in [2.75, 3.05) is 19.0 Å². The Kier molecular flexibility index (Phi) is 13.0. The Morgan fingerprint density at radius 2 is 1.01 bits per heavy atom. The van der Waals surface area contributed by atoms with Crippen molar-refractivity contribution >= 4 is 35.3 Å². The van der Waals surface area contributed by atoms with E-state index in [1.807, 2.05) is 97.1 Å². The predicted molar refractivity (Wildman–Crippen MR) is 272 cm³/mol. The van der Waals surface area contributed by atoms with Crippen molar-refractivity contribution in [2.45, 2.75) is 76.0 Å². The lowest BCUT2D eigenvalue weighted by Crippen LogP contribution is -2.57. The summed E-state index contributed by atoms with van der Waals surface area (Å²) in [5, 5.41) is 9.59. The van der Waals surface area contributed by atoms with Gasteiger partial charge in [0.2, 0.25) is 17.7 Å². The number of hydrogen-bond donors (Lipinski definition) is 3. The van der Waals surface area contributed by atoms with Gasteiger partial charge < -0.3 is 30.2 Å². The Morgan fingerprint density at radius 3 is 1.49 bits per heavy atom. The Balaban J connectivity index is 0.910. The fraction of sp³-hybridized carbons (Fsp3) is 0.328. The quantitative estimate of drug-likeness (QED) is 0.0813. The summed E-state index contributed by atoms with van der Waals surface area (Å²) in [6, 6.07) is 45.1. The fourth-order valence-corrected chi connectivity index (χ4v) is 13.5. The molecule has 11 nitrogen and oxygen atoms in total. The van der Waals surface area contributed by atoms with Gasteiger partial charge in [-0.05, 0) is 131 Å². The topological polar surface area (TPSA) is 149 Å². The number of methoxy groups -OCH3 is 1. The summed E-state index contributed by atoms with van der Waals surface area (Å²) in [6.45, 7) is 0.572. The number of esters is 2. The van der Waals surface area contributed by atoms with E-state index in [1.54, 1.807) is 19.2 Å². The lowest BCUT2D eigenvalue weighted by atomic mass is 9.49. The predicted octanol–water partition coefficient (Wildman–Crippen LogP) is 9.93. The number of carbonyl (C=O) groups excluding carboxylic acids is 5. The molecule has 3 amide bonds. The summed E-state index contributed by atoms with van der Waals surface area (Å²) >= 11 is 0. The molecule has 0 saturated heterocycles. The molecule has 0 heterocycles. The monoisotopic (exact) mass is 961 g/mol. The number of nitrogens with one attached hydrogen (secondary N) is 3. The molecule has 13 rings (SSSR count). The Labute approximate surface area is 420 Å². The first kappa shape index (κ1) is 46.8. The second-order valence-corrected chi connectivity index (χ2v) is 20.9. The number of anilines is 1. The summed E-state index contributed by atoms with van der Waals surface area (Å²) in [6.07, 6.45) is 7.40. The SMILES string of the molecule is COc1ccc(C[C@H](NC(=O)[C@H]2C3c4ccccc4C(c4ccccc43)[C@H]2C(=O)NCC23CC4CC(CC(C4)C2)C3)C(=O)Nc2cc(C(=O)OCc3ccccc3)cc(C(=O)OCc3ccccc3)c2)cc1. The van der Waals surface area contributed by atoms with E-state index >= 15 is 9.59 Å². The van der Waals surface area contributed by atoms with Gasteiger partial charge in [0.1, 0.15) is 25.0 Å². The van der Waals surface area contributed by atoms with Gasteiger partial charge in [0.15, 0.2) is 0 Å². The van der Waals surface area contributed by atoms with E-state index in [2.05, 4.69) is 40.2 Å². The molecule has 0 aromatic heterocycles. The fourth-order valence-electron chi connectivity index (χ4n) is 13.5. The standard InChI is InChI=1S/C61H59N3O8/c1-70-46-22-20-37(21-23-46)27-51(56(65)63-45-29-43(59(68)71-34-38-12-4-2-5-13-38)28-44(30-45)60(69)72-35-39-14-6-3-7-15-39)64-58(67)55-53-49-18-10-8-16-47(49)52(48-17-9-11-19-50(48)53)54(55)57(66)62-36-61-31-40-24-41(32-61)26-42(25-40)33-61/h2-23,28-30,40-42,51-55H,24-27,31-36H2,1H3,(H,62,66)(H,63,65)(H,64,67)/t40?,41?,42?,51-,52?,53?,54+,55-,61?/m0/s1. The van der Waals surface area contributed by atoms with Crippen molar-refractivity contribution in [1.82, 2.24) is 10.6 Å². The largest absolute Gasteiger partial charge is 0.497 e. The molecule has 3 atom stereocenters. The van der Waals surface area contributed by atoms with Crippen LogP contribution in [0.5, 0.6) is 5.75 Å². The highest BCUT2D eigenvalue weighted by Gasteiger charge is 2.56. The smallest absolute Gasteiger partial charge is 0.338 e. The molecule has 6 aromatic rings. The molecule has 366 valence electrons. The van der Waals surface area contributed by atoms with E-state index in [1.165, 1.54) is 37.5 Å². The Bertz CT molecular complexity index is 2850. The van der Waals surface area contributed by atoms with Gasteiger partial charge in [-0.3, -0.25) is 14.4 Å². The van der Waals surface area contributed by atoms with Crippen LogP contribution in [0.4, 0.5) is 5.69 Å². The zero-order valence-corrected chi connectivity index (χ0v) is 40.4. The maximum atomic E-state index is 15.6. The van der Waals surface area contributed by atoms with Gasteiger partial charge >= 0.3 is 11.9 Å². The van der Waals surface area contributed by atoms with Crippen LogP contribution < -0.4 is 20.7 Å². The lowest BCUT2D eigenvalue weighted by Gasteiger charge is -2.57. The second-order valence-electron chi connectivity index (χ2n) is 20.9. The van der Waals surface area contributed by atoms with Crippen LogP contribution >= 0.6 is 0 Å². The van der Waals surface area contributed by atoms with E-state index in [9.17, 15) is 14.4 Å². The van der Waals surface area contributed by atoms with Crippen molar-refractivity contribution in [2.24, 2.45) is 35.0 Å². The van der Waals surface area contributed by atoms with Gasteiger partial charge in [0.05, 0.1) is 30.1 Å². The van der Waals surface area contributed by atoms with Crippen LogP contribution in [0.15, 0.2) is 152 Å². The highest BCUT2D eigenvalue weighted by molar-refractivity contribution is 6.02. The average Bonchev–Trinajstić information content (AvgIpc) is 3.41. The third-order valence-electron chi connectivity index (χ3n) is 16.2. The molecular weight excluding hydrogens is 903 g/mol. The molecule has 6 aromatic carbocycles. The second kappa shape index (κ2) is 19.9. The molecule has 0 spiro atoms. The summed E-state index contributed by atoms with van der Waals surface area (Å²) < 4.78 is 16.8. The number of benzene rings is 6. The highest BCUT2D eigenvalue weighted by atomic mass is 16.5. The minimum Gasteiger partial charge on any atom is -0.497 e. The van der Waals surface area contributed by atoms with Crippen LogP contribution in [0.25, 0.3) is 0 Å². The molecule has 3 N–H and O–H groups in total. The molecule has 0 aliphatic heterocycles. The van der Waals surface area contributed by atoms with Crippen LogP contribution in [-0.2, 0) is 43.5 Å². The molecule has 11 heteroatoms. The van der Waals surface area contributed by atoms with Gasteiger partial charge in [-0.2, -0.15) is 0 Å². The van der Waals surface area contributed by atoms with Crippen LogP contribution in [0.3, 0.4) is 0 Å². The normalized spacial score (nSPS) is 24.2. The Hall–Kier alpha value is -7.53. The van der Waals surface area contributed by atoms with Crippen LogP contribution in [0, 0.1) is 35.0 Å². The maximum Gasteiger partial charge on any atom is 0.338 e. The number of rotatable bonds is 16. The van der Waals surface area contributed by atoms with E-state index in [0.717, 1.165) is 76.0 Å². The highest BCUT2D eigenvalue weighted by Crippen LogP contribution is 2.61. The average molecular weight is 962 g/mol. The van der Waals surface area contributed by atoms with E-state index in [-0.39, 0.29) is 53.7 Å². The van der Waals surface area contributed by atoms with Crippen LogP contribution in [0.1, 0.15) is 110 Å².